The van der Waals surface area contributed by atoms with Crippen molar-refractivity contribution in [1.82, 2.24) is 0 Å². The van der Waals surface area contributed by atoms with E-state index >= 15 is 0 Å². The minimum absolute atomic E-state index is 0.228. The Bertz CT molecular complexity index is 542. The first-order valence-corrected chi connectivity index (χ1v) is 11.1. The summed E-state index contributed by atoms with van der Waals surface area (Å²) in [4.78, 5) is 0. The van der Waals surface area contributed by atoms with Crippen LogP contribution in [0.1, 0.15) is 39.7 Å². The van der Waals surface area contributed by atoms with Gasteiger partial charge in [0.25, 0.3) is 0 Å². The van der Waals surface area contributed by atoms with Gasteiger partial charge < -0.3 is 13.9 Å². The van der Waals surface area contributed by atoms with Crippen LogP contribution in [-0.2, 0) is 10.8 Å². The van der Waals surface area contributed by atoms with Crippen LogP contribution < -0.4 is 9.47 Å². The zero-order valence-electron chi connectivity index (χ0n) is 15.9. The summed E-state index contributed by atoms with van der Waals surface area (Å²) in [5.41, 5.74) is 1.24. The third kappa shape index (κ3) is 5.61. The van der Waals surface area contributed by atoms with Crippen LogP contribution in [0, 0.1) is 0 Å². The van der Waals surface area contributed by atoms with E-state index in [-0.39, 0.29) is 5.04 Å². The number of methoxy groups -OCH3 is 2. The number of benzene rings is 1. The lowest BCUT2D eigenvalue weighted by molar-refractivity contribution is 0.354. The second kappa shape index (κ2) is 7.91. The van der Waals surface area contributed by atoms with Gasteiger partial charge in [-0.05, 0) is 61.7 Å². The molecule has 0 saturated carbocycles. The number of ether oxygens (including phenoxy) is 2. The maximum Gasteiger partial charge on any atom is 0.250 e. The molecule has 0 saturated heterocycles. The molecule has 0 amide bonds. The molecule has 0 N–H and O–H groups in total. The van der Waals surface area contributed by atoms with Crippen LogP contribution in [0.25, 0.3) is 0 Å². The van der Waals surface area contributed by atoms with Gasteiger partial charge in [0, 0.05) is 0 Å². The molecule has 130 valence electrons. The molecule has 0 aliphatic carbocycles. The van der Waals surface area contributed by atoms with Gasteiger partial charge in [-0.1, -0.05) is 26.8 Å². The van der Waals surface area contributed by atoms with Gasteiger partial charge in [-0.15, -0.1) is 0 Å². The number of hydrogen-bond donors (Lipinski definition) is 0. The van der Waals surface area contributed by atoms with Gasteiger partial charge in [-0.2, -0.15) is 0 Å². The molecule has 1 rings (SSSR count). The van der Waals surface area contributed by atoms with Crippen molar-refractivity contribution in [1.29, 1.82) is 0 Å². The van der Waals surface area contributed by atoms with Crippen molar-refractivity contribution in [3.8, 4) is 11.5 Å². The highest BCUT2D eigenvalue weighted by Gasteiger charge is 2.38. The SMILES string of the molecule is COc1ccc(CC/C=C(\C)O[Si](C)(C)C(C)(C)C)cc1OC. The summed E-state index contributed by atoms with van der Waals surface area (Å²) in [5, 5.41) is 0.228. The zero-order chi connectivity index (χ0) is 17.7. The quantitative estimate of drug-likeness (QED) is 0.482. The van der Waals surface area contributed by atoms with Crippen LogP contribution in [0.5, 0.6) is 11.5 Å². The van der Waals surface area contributed by atoms with Crippen LogP contribution in [-0.4, -0.2) is 22.5 Å². The lowest BCUT2D eigenvalue weighted by atomic mass is 10.1. The van der Waals surface area contributed by atoms with Crippen LogP contribution in [0.3, 0.4) is 0 Å². The van der Waals surface area contributed by atoms with Crippen molar-refractivity contribution in [2.24, 2.45) is 0 Å². The van der Waals surface area contributed by atoms with E-state index in [2.05, 4.69) is 52.9 Å². The summed E-state index contributed by atoms with van der Waals surface area (Å²) in [6, 6.07) is 6.08. The molecular formula is C19H32O3Si. The van der Waals surface area contributed by atoms with E-state index in [0.717, 1.165) is 30.1 Å². The molecular weight excluding hydrogens is 304 g/mol. The fourth-order valence-electron chi connectivity index (χ4n) is 2.08. The van der Waals surface area contributed by atoms with Crippen molar-refractivity contribution >= 4 is 8.32 Å². The fraction of sp³-hybridized carbons (Fsp3) is 0.579. The normalized spacial score (nSPS) is 13.0. The Kier molecular flexibility index (Phi) is 6.75. The molecule has 0 fully saturated rings. The van der Waals surface area contributed by atoms with Gasteiger partial charge >= 0.3 is 0 Å². The molecule has 0 bridgehead atoms. The topological polar surface area (TPSA) is 27.7 Å². The monoisotopic (exact) mass is 336 g/mol. The summed E-state index contributed by atoms with van der Waals surface area (Å²) in [5.74, 6) is 2.59. The van der Waals surface area contributed by atoms with Gasteiger partial charge in [0.15, 0.2) is 11.5 Å². The molecule has 1 aromatic carbocycles. The molecule has 0 heterocycles. The molecule has 0 aliphatic rings. The van der Waals surface area contributed by atoms with Crippen LogP contribution in [0.15, 0.2) is 30.0 Å². The maximum absolute atomic E-state index is 6.28. The van der Waals surface area contributed by atoms with Gasteiger partial charge in [-0.3, -0.25) is 0 Å². The van der Waals surface area contributed by atoms with Crippen LogP contribution >= 0.6 is 0 Å². The van der Waals surface area contributed by atoms with Crippen molar-refractivity contribution < 1.29 is 13.9 Å². The highest BCUT2D eigenvalue weighted by molar-refractivity contribution is 6.74. The molecule has 0 atom stereocenters. The molecule has 3 nitrogen and oxygen atoms in total. The molecule has 0 aromatic heterocycles. The second-order valence-corrected chi connectivity index (χ2v) is 12.1. The molecule has 1 aromatic rings. The Hall–Kier alpha value is -1.42. The first-order valence-electron chi connectivity index (χ1n) is 8.17. The van der Waals surface area contributed by atoms with E-state index < -0.39 is 8.32 Å². The first kappa shape index (κ1) is 19.6. The predicted molar refractivity (Wildman–Crippen MR) is 99.9 cm³/mol. The Balaban J connectivity index is 2.65. The number of aryl methyl sites for hydroxylation is 1. The van der Waals surface area contributed by atoms with E-state index in [0.29, 0.717) is 0 Å². The largest absolute Gasteiger partial charge is 0.547 e. The third-order valence-corrected chi connectivity index (χ3v) is 8.98. The minimum atomic E-state index is -1.73. The number of rotatable bonds is 7. The Labute approximate surface area is 142 Å². The van der Waals surface area contributed by atoms with Gasteiger partial charge in [0.05, 0.1) is 20.0 Å². The van der Waals surface area contributed by atoms with E-state index in [4.69, 9.17) is 13.9 Å². The first-order chi connectivity index (χ1) is 10.6. The fourth-order valence-corrected chi connectivity index (χ4v) is 3.27. The number of allylic oxidation sites excluding steroid dienone is 2. The summed E-state index contributed by atoms with van der Waals surface area (Å²) >= 11 is 0. The molecule has 4 heteroatoms. The predicted octanol–water partition coefficient (Wildman–Crippen LogP) is 5.56. The summed E-state index contributed by atoms with van der Waals surface area (Å²) < 4.78 is 16.9. The second-order valence-electron chi connectivity index (χ2n) is 7.41. The maximum atomic E-state index is 6.28. The van der Waals surface area contributed by atoms with Gasteiger partial charge in [0.2, 0.25) is 8.32 Å². The van der Waals surface area contributed by atoms with E-state index in [1.165, 1.54) is 5.56 Å². The molecule has 0 radical (unpaired) electrons. The Morgan fingerprint density at radius 1 is 1.09 bits per heavy atom. The average molecular weight is 337 g/mol. The standard InChI is InChI=1S/C19H32O3Si/c1-15(22-23(7,8)19(2,3)4)10-9-11-16-12-13-17(20-5)18(14-16)21-6/h10,12-14H,9,11H2,1-8H3/b15-10+. The summed E-state index contributed by atoms with van der Waals surface area (Å²) in [7, 11) is 1.59. The highest BCUT2D eigenvalue weighted by atomic mass is 28.4. The zero-order valence-corrected chi connectivity index (χ0v) is 16.9. The third-order valence-electron chi connectivity index (χ3n) is 4.54. The lowest BCUT2D eigenvalue weighted by Crippen LogP contribution is -2.40. The van der Waals surface area contributed by atoms with E-state index in [1.807, 2.05) is 12.1 Å². The molecule has 0 unspecified atom stereocenters. The average Bonchev–Trinajstić information content (AvgIpc) is 2.45. The summed E-state index contributed by atoms with van der Waals surface area (Å²) in [6.07, 6.45) is 4.10. The Morgan fingerprint density at radius 3 is 2.22 bits per heavy atom. The van der Waals surface area contributed by atoms with Crippen LogP contribution in [0.4, 0.5) is 0 Å². The van der Waals surface area contributed by atoms with Crippen molar-refractivity contribution in [2.75, 3.05) is 14.2 Å². The molecule has 0 aliphatic heterocycles. The van der Waals surface area contributed by atoms with Crippen LogP contribution in [0.2, 0.25) is 18.1 Å². The van der Waals surface area contributed by atoms with Crippen molar-refractivity contribution in [3.63, 3.8) is 0 Å². The van der Waals surface area contributed by atoms with Gasteiger partial charge in [0.1, 0.15) is 0 Å². The van der Waals surface area contributed by atoms with E-state index in [9.17, 15) is 0 Å². The smallest absolute Gasteiger partial charge is 0.250 e. The van der Waals surface area contributed by atoms with Crippen molar-refractivity contribution in [2.45, 2.75) is 58.7 Å². The van der Waals surface area contributed by atoms with E-state index in [1.54, 1.807) is 14.2 Å². The highest BCUT2D eigenvalue weighted by Crippen LogP contribution is 2.37. The molecule has 23 heavy (non-hydrogen) atoms. The Morgan fingerprint density at radius 2 is 1.70 bits per heavy atom. The summed E-state index contributed by atoms with van der Waals surface area (Å²) in [6.45, 7) is 13.4. The van der Waals surface area contributed by atoms with Crippen molar-refractivity contribution in [3.05, 3.63) is 35.6 Å². The van der Waals surface area contributed by atoms with Gasteiger partial charge in [-0.25, -0.2) is 0 Å². The number of hydrogen-bond acceptors (Lipinski definition) is 3. The lowest BCUT2D eigenvalue weighted by Gasteiger charge is -2.36. The minimum Gasteiger partial charge on any atom is -0.547 e. The molecule has 0 spiro atoms.